The molecule has 33 heavy (non-hydrogen) atoms. The minimum Gasteiger partial charge on any atom is -0.263 e. The molecule has 3 aromatic rings. The minimum absolute atomic E-state index is 0.132. The first-order chi connectivity index (χ1) is 15.5. The Morgan fingerprint density at radius 2 is 2.00 bits per heavy atom. The van der Waals surface area contributed by atoms with Gasteiger partial charge in [-0.05, 0) is 17.6 Å². The van der Waals surface area contributed by atoms with Crippen LogP contribution in [0.4, 0.5) is 13.2 Å². The molecule has 0 N–H and O–H groups in total. The Kier molecular flexibility index (Phi) is 4.72. The van der Waals surface area contributed by atoms with Crippen molar-refractivity contribution in [2.24, 2.45) is 5.10 Å². The summed E-state index contributed by atoms with van der Waals surface area (Å²) >= 11 is 0. The number of fused-ring (bicyclic) bond motifs is 1. The van der Waals surface area contributed by atoms with Crippen LogP contribution in [-0.2, 0) is 15.6 Å². The molecule has 2 aliphatic heterocycles. The van der Waals surface area contributed by atoms with Gasteiger partial charge in [-0.15, -0.1) is 0 Å². The number of hydrogen-bond acceptors (Lipinski definition) is 6. The lowest BCUT2D eigenvalue weighted by Crippen LogP contribution is -2.65. The third-order valence-corrected chi connectivity index (χ3v) is 7.63. The number of halogens is 3. The molecule has 0 bridgehead atoms. The fourth-order valence-corrected chi connectivity index (χ4v) is 5.23. The fraction of sp³-hybridized carbons (Fsp3) is 0.421. The Bertz CT molecular complexity index is 1400. The lowest BCUT2D eigenvalue weighted by atomic mass is 9.89. The summed E-state index contributed by atoms with van der Waals surface area (Å²) in [5.41, 5.74) is -3.47. The SMILES string of the molecule is CCC1(n2cc(-c3nc(C4C=N[N+](C)=C4)cn4nccc34)cn2)CN(S(=O)(=O)C(F)(F)F)C1. The fourth-order valence-electron chi connectivity index (χ4n) is 4.12. The summed E-state index contributed by atoms with van der Waals surface area (Å²) in [5, 5.41) is 12.9. The third-order valence-electron chi connectivity index (χ3n) is 6.11. The van der Waals surface area contributed by atoms with Gasteiger partial charge < -0.3 is 0 Å². The molecule has 10 nitrogen and oxygen atoms in total. The van der Waals surface area contributed by atoms with Crippen LogP contribution in [0.1, 0.15) is 25.0 Å². The molecule has 174 valence electrons. The molecule has 0 saturated carbocycles. The van der Waals surface area contributed by atoms with E-state index in [9.17, 15) is 21.6 Å². The van der Waals surface area contributed by atoms with E-state index in [1.165, 1.54) is 0 Å². The Morgan fingerprint density at radius 3 is 2.64 bits per heavy atom. The standard InChI is InChI=1S/C19H20F3N8O2S/c1-3-18(11-28(12-18)33(31,32)19(20,21)22)30-9-14(7-25-30)17-16-4-5-23-29(16)10-15(26-17)13-6-24-27(2)8-13/h4-10,13H,3,11-12H2,1-2H3/q+1. The summed E-state index contributed by atoms with van der Waals surface area (Å²) in [4.78, 5) is 4.79. The topological polar surface area (TPSA) is 101 Å². The number of rotatable bonds is 5. The van der Waals surface area contributed by atoms with E-state index >= 15 is 0 Å². The molecule has 1 atom stereocenters. The second-order valence-corrected chi connectivity index (χ2v) is 10.1. The van der Waals surface area contributed by atoms with Crippen LogP contribution in [0, 0.1) is 0 Å². The molecule has 5 heterocycles. The summed E-state index contributed by atoms with van der Waals surface area (Å²) in [6.07, 6.45) is 10.8. The zero-order valence-corrected chi connectivity index (χ0v) is 18.5. The third kappa shape index (κ3) is 3.35. The lowest BCUT2D eigenvalue weighted by molar-refractivity contribution is -0.494. The number of aromatic nitrogens is 5. The Balaban J connectivity index is 1.49. The highest BCUT2D eigenvalue weighted by molar-refractivity contribution is 7.90. The van der Waals surface area contributed by atoms with Crippen molar-refractivity contribution in [1.29, 1.82) is 0 Å². The smallest absolute Gasteiger partial charge is 0.263 e. The average Bonchev–Trinajstić information content (AvgIpc) is 3.46. The van der Waals surface area contributed by atoms with E-state index in [-0.39, 0.29) is 19.0 Å². The van der Waals surface area contributed by atoms with Gasteiger partial charge in [-0.3, -0.25) is 4.68 Å². The molecule has 0 aromatic carbocycles. The maximum Gasteiger partial charge on any atom is 0.511 e. The molecular formula is C19H20F3N8O2S+. The normalized spacial score (nSPS) is 20.9. The van der Waals surface area contributed by atoms with Gasteiger partial charge in [-0.25, -0.2) is 17.9 Å². The summed E-state index contributed by atoms with van der Waals surface area (Å²) in [6, 6.07) is 1.80. The van der Waals surface area contributed by atoms with Crippen molar-refractivity contribution in [1.82, 2.24) is 28.7 Å². The molecule has 0 radical (unpaired) electrons. The van der Waals surface area contributed by atoms with E-state index in [0.29, 0.717) is 22.0 Å². The quantitative estimate of drug-likeness (QED) is 0.516. The van der Waals surface area contributed by atoms with Gasteiger partial charge in [0.05, 0.1) is 47.2 Å². The number of hydrogen-bond donors (Lipinski definition) is 0. The predicted molar refractivity (Wildman–Crippen MR) is 113 cm³/mol. The van der Waals surface area contributed by atoms with Crippen LogP contribution < -0.4 is 0 Å². The maximum atomic E-state index is 12.9. The molecule has 5 rings (SSSR count). The Morgan fingerprint density at radius 1 is 1.24 bits per heavy atom. The van der Waals surface area contributed by atoms with E-state index in [2.05, 4.69) is 15.3 Å². The van der Waals surface area contributed by atoms with E-state index in [1.807, 2.05) is 19.5 Å². The number of sulfonamides is 1. The maximum absolute atomic E-state index is 12.9. The summed E-state index contributed by atoms with van der Waals surface area (Å²) < 4.78 is 67.6. The molecule has 0 spiro atoms. The van der Waals surface area contributed by atoms with Gasteiger partial charge in [0, 0.05) is 24.8 Å². The highest BCUT2D eigenvalue weighted by Gasteiger charge is 2.58. The van der Waals surface area contributed by atoms with Crippen LogP contribution in [0.25, 0.3) is 16.8 Å². The average molecular weight is 481 g/mol. The van der Waals surface area contributed by atoms with Crippen molar-refractivity contribution >= 4 is 28.0 Å². The molecule has 0 amide bonds. The van der Waals surface area contributed by atoms with Crippen LogP contribution in [0.15, 0.2) is 36.0 Å². The molecule has 2 aliphatic rings. The van der Waals surface area contributed by atoms with Gasteiger partial charge in [0.25, 0.3) is 0 Å². The summed E-state index contributed by atoms with van der Waals surface area (Å²) in [7, 11) is -3.55. The Labute approximate surface area is 186 Å². The summed E-state index contributed by atoms with van der Waals surface area (Å²) in [6.45, 7) is 1.18. The first-order valence-electron chi connectivity index (χ1n) is 10.1. The highest BCUT2D eigenvalue weighted by Crippen LogP contribution is 2.39. The number of hydrazone groups is 1. The van der Waals surface area contributed by atoms with Crippen LogP contribution >= 0.6 is 0 Å². The van der Waals surface area contributed by atoms with Gasteiger partial charge >= 0.3 is 15.5 Å². The lowest BCUT2D eigenvalue weighted by Gasteiger charge is -2.48. The van der Waals surface area contributed by atoms with Gasteiger partial charge in [-0.1, -0.05) is 11.6 Å². The second-order valence-electron chi connectivity index (χ2n) is 8.16. The summed E-state index contributed by atoms with van der Waals surface area (Å²) in [5.74, 6) is -0.132. The van der Waals surface area contributed by atoms with Gasteiger partial charge in [0.15, 0.2) is 13.3 Å². The van der Waals surface area contributed by atoms with Crippen molar-refractivity contribution in [3.8, 4) is 11.3 Å². The van der Waals surface area contributed by atoms with Crippen LogP contribution in [0.5, 0.6) is 0 Å². The molecule has 1 saturated heterocycles. The molecule has 0 aliphatic carbocycles. The zero-order valence-electron chi connectivity index (χ0n) is 17.7. The van der Waals surface area contributed by atoms with Crippen molar-refractivity contribution in [2.45, 2.75) is 30.3 Å². The molecular weight excluding hydrogens is 461 g/mol. The van der Waals surface area contributed by atoms with Crippen molar-refractivity contribution in [3.63, 3.8) is 0 Å². The predicted octanol–water partition coefficient (Wildman–Crippen LogP) is 1.66. The van der Waals surface area contributed by atoms with Crippen molar-refractivity contribution < 1.29 is 26.3 Å². The van der Waals surface area contributed by atoms with Crippen molar-refractivity contribution in [3.05, 3.63) is 36.5 Å². The van der Waals surface area contributed by atoms with Gasteiger partial charge in [0.1, 0.15) is 5.92 Å². The first kappa shape index (κ1) is 21.7. The van der Waals surface area contributed by atoms with Crippen LogP contribution in [0.3, 0.4) is 0 Å². The van der Waals surface area contributed by atoms with Crippen LogP contribution in [0.2, 0.25) is 0 Å². The van der Waals surface area contributed by atoms with Gasteiger partial charge in [0.2, 0.25) is 0 Å². The molecule has 3 aromatic heterocycles. The van der Waals surface area contributed by atoms with E-state index in [0.717, 1.165) is 11.2 Å². The van der Waals surface area contributed by atoms with E-state index < -0.39 is 21.1 Å². The zero-order chi connectivity index (χ0) is 23.6. The van der Waals surface area contributed by atoms with E-state index in [1.54, 1.807) is 51.7 Å². The van der Waals surface area contributed by atoms with Crippen molar-refractivity contribution in [2.75, 3.05) is 20.1 Å². The molecule has 1 fully saturated rings. The highest BCUT2D eigenvalue weighted by atomic mass is 32.2. The largest absolute Gasteiger partial charge is 0.511 e. The monoisotopic (exact) mass is 481 g/mol. The number of nitrogens with zero attached hydrogens (tertiary/aromatic N) is 8. The Hall–Kier alpha value is -3.13. The molecule has 14 heteroatoms. The number of alkyl halides is 3. The minimum atomic E-state index is -5.37. The second kappa shape index (κ2) is 7.18. The van der Waals surface area contributed by atoms with Gasteiger partial charge in [-0.2, -0.15) is 27.7 Å². The molecule has 1 unspecified atom stereocenters. The van der Waals surface area contributed by atoms with E-state index in [4.69, 9.17) is 4.98 Å². The first-order valence-corrected chi connectivity index (χ1v) is 11.6. The van der Waals surface area contributed by atoms with Crippen LogP contribution in [-0.4, -0.2) is 79.9 Å².